The van der Waals surface area contributed by atoms with Crippen molar-refractivity contribution >= 4 is 42.6 Å². The summed E-state index contributed by atoms with van der Waals surface area (Å²) in [5.41, 5.74) is 2.60. The molecular weight excluding hydrogens is 451 g/mol. The fraction of sp³-hybridized carbons (Fsp3) is 0.273. The Kier molecular flexibility index (Phi) is 10.7. The number of pyridine rings is 1. The molecule has 0 spiro atoms. The first-order valence-electron chi connectivity index (χ1n) is 9.79. The highest BCUT2D eigenvalue weighted by Gasteiger charge is 2.28. The number of rotatable bonds is 7. The summed E-state index contributed by atoms with van der Waals surface area (Å²) in [5, 5.41) is 10.1. The monoisotopic (exact) mass is 478 g/mol. The van der Waals surface area contributed by atoms with Crippen LogP contribution in [0.5, 0.6) is 0 Å². The molecule has 8 nitrogen and oxygen atoms in total. The third-order valence-electron chi connectivity index (χ3n) is 4.80. The molecule has 0 aliphatic carbocycles. The van der Waals surface area contributed by atoms with Crippen molar-refractivity contribution in [3.8, 4) is 11.3 Å². The number of carbonyl (C=O) groups is 2. The number of amides is 3. The zero-order valence-electron chi connectivity index (χ0n) is 18.2. The van der Waals surface area contributed by atoms with Crippen LogP contribution in [0.25, 0.3) is 11.3 Å². The van der Waals surface area contributed by atoms with Gasteiger partial charge in [-0.1, -0.05) is 30.3 Å². The molecule has 0 aliphatic heterocycles. The average Bonchev–Trinajstić information content (AvgIpc) is 3.13. The second-order valence-electron chi connectivity index (χ2n) is 6.92. The van der Waals surface area contributed by atoms with Crippen LogP contribution in [0.1, 0.15) is 12.5 Å². The van der Waals surface area contributed by atoms with E-state index < -0.39 is 6.04 Å². The lowest BCUT2D eigenvalue weighted by Crippen LogP contribution is -2.50. The molecule has 0 saturated heterocycles. The Hall–Kier alpha value is -3.10. The van der Waals surface area contributed by atoms with E-state index in [1.807, 2.05) is 49.4 Å². The Morgan fingerprint density at radius 1 is 1.09 bits per heavy atom. The van der Waals surface area contributed by atoms with Gasteiger partial charge in [0.05, 0.1) is 5.69 Å². The van der Waals surface area contributed by atoms with Crippen molar-refractivity contribution in [2.45, 2.75) is 19.4 Å². The van der Waals surface area contributed by atoms with Crippen molar-refractivity contribution in [1.29, 1.82) is 0 Å². The lowest BCUT2D eigenvalue weighted by molar-refractivity contribution is -0.120. The summed E-state index contributed by atoms with van der Waals surface area (Å²) in [6, 6.07) is 14.2. The van der Waals surface area contributed by atoms with Crippen LogP contribution in [-0.4, -0.2) is 51.2 Å². The van der Waals surface area contributed by atoms with E-state index >= 15 is 0 Å². The number of nitrogens with zero attached hydrogens (tertiary/aromatic N) is 4. The number of nitrogens with one attached hydrogen (secondary N) is 2. The van der Waals surface area contributed by atoms with Crippen LogP contribution in [0.15, 0.2) is 60.9 Å². The zero-order valence-corrected chi connectivity index (χ0v) is 19.8. The van der Waals surface area contributed by atoms with Gasteiger partial charge in [-0.25, -0.2) is 4.79 Å². The molecule has 172 valence electrons. The summed E-state index contributed by atoms with van der Waals surface area (Å²) in [6.07, 6.45) is 3.79. The van der Waals surface area contributed by atoms with E-state index in [1.165, 1.54) is 4.90 Å². The van der Waals surface area contributed by atoms with Gasteiger partial charge in [0.2, 0.25) is 5.91 Å². The standard InChI is InChI=1S/C22H26N6O2.2ClH/c1-4-24-22(30)27(2)19(14-16-8-6-5-7-9-16)21(29)25-20-15-18(26-28(20)3)17-10-12-23-13-11-17;;/h5-13,15,19H,4,14H2,1-3H3,(H,24,30)(H,25,29);2*1H/t19-;;/m0../s1. The molecule has 0 radical (unpaired) electrons. The molecule has 0 aliphatic rings. The summed E-state index contributed by atoms with van der Waals surface area (Å²) >= 11 is 0. The van der Waals surface area contributed by atoms with Crippen molar-refractivity contribution < 1.29 is 9.59 Å². The molecule has 3 amide bonds. The van der Waals surface area contributed by atoms with Gasteiger partial charge in [0.1, 0.15) is 11.9 Å². The van der Waals surface area contributed by atoms with Gasteiger partial charge in [-0.15, -0.1) is 24.8 Å². The minimum absolute atomic E-state index is 0. The minimum Gasteiger partial charge on any atom is -0.338 e. The number of aryl methyl sites for hydroxylation is 1. The molecule has 0 unspecified atom stereocenters. The predicted molar refractivity (Wildman–Crippen MR) is 130 cm³/mol. The molecule has 2 N–H and O–H groups in total. The fourth-order valence-electron chi connectivity index (χ4n) is 3.12. The number of hydrogen-bond donors (Lipinski definition) is 2. The second kappa shape index (κ2) is 12.7. The number of halogens is 2. The molecule has 0 saturated carbocycles. The Morgan fingerprint density at radius 2 is 1.75 bits per heavy atom. The van der Waals surface area contributed by atoms with Gasteiger partial charge in [0.15, 0.2) is 0 Å². The van der Waals surface area contributed by atoms with Crippen molar-refractivity contribution in [2.24, 2.45) is 7.05 Å². The molecular formula is C22H28Cl2N6O2. The van der Waals surface area contributed by atoms with E-state index in [2.05, 4.69) is 20.7 Å². The molecule has 3 rings (SSSR count). The molecule has 10 heteroatoms. The Morgan fingerprint density at radius 3 is 2.38 bits per heavy atom. The third kappa shape index (κ3) is 6.70. The quantitative estimate of drug-likeness (QED) is 0.542. The number of benzene rings is 1. The number of hydrogen-bond acceptors (Lipinski definition) is 4. The lowest BCUT2D eigenvalue weighted by Gasteiger charge is -2.27. The van der Waals surface area contributed by atoms with Gasteiger partial charge in [0, 0.05) is 51.1 Å². The van der Waals surface area contributed by atoms with Crippen molar-refractivity contribution in [1.82, 2.24) is 25.0 Å². The molecule has 0 bridgehead atoms. The zero-order chi connectivity index (χ0) is 21.5. The maximum atomic E-state index is 13.2. The smallest absolute Gasteiger partial charge is 0.317 e. The van der Waals surface area contributed by atoms with Crippen molar-refractivity contribution in [3.63, 3.8) is 0 Å². The van der Waals surface area contributed by atoms with Gasteiger partial charge in [-0.05, 0) is 24.6 Å². The van der Waals surface area contributed by atoms with Gasteiger partial charge >= 0.3 is 6.03 Å². The number of aromatic nitrogens is 3. The fourth-order valence-corrected chi connectivity index (χ4v) is 3.12. The second-order valence-corrected chi connectivity index (χ2v) is 6.92. The first kappa shape index (κ1) is 26.9. The Balaban J connectivity index is 0.00000256. The van der Waals surface area contributed by atoms with Crippen molar-refractivity contribution in [2.75, 3.05) is 18.9 Å². The summed E-state index contributed by atoms with van der Waals surface area (Å²) in [7, 11) is 3.39. The van der Waals surface area contributed by atoms with Crippen LogP contribution in [0.3, 0.4) is 0 Å². The van der Waals surface area contributed by atoms with Crippen LogP contribution in [0.4, 0.5) is 10.6 Å². The highest BCUT2D eigenvalue weighted by Crippen LogP contribution is 2.21. The topological polar surface area (TPSA) is 92.2 Å². The van der Waals surface area contributed by atoms with E-state index in [9.17, 15) is 9.59 Å². The van der Waals surface area contributed by atoms with Crippen LogP contribution < -0.4 is 10.6 Å². The van der Waals surface area contributed by atoms with Gasteiger partial charge in [-0.2, -0.15) is 5.10 Å². The number of carbonyl (C=O) groups excluding carboxylic acids is 2. The minimum atomic E-state index is -0.682. The van der Waals surface area contributed by atoms with E-state index in [-0.39, 0.29) is 36.8 Å². The number of urea groups is 1. The highest BCUT2D eigenvalue weighted by atomic mass is 35.5. The van der Waals surface area contributed by atoms with Crippen LogP contribution in [-0.2, 0) is 18.3 Å². The van der Waals surface area contributed by atoms with Crippen LogP contribution >= 0.6 is 24.8 Å². The molecule has 2 heterocycles. The molecule has 1 aromatic carbocycles. The lowest BCUT2D eigenvalue weighted by atomic mass is 10.0. The molecule has 1 atom stereocenters. The maximum Gasteiger partial charge on any atom is 0.317 e. The summed E-state index contributed by atoms with van der Waals surface area (Å²) in [6.45, 7) is 2.33. The number of anilines is 1. The number of likely N-dealkylation sites (N-methyl/N-ethyl adjacent to an activating group) is 1. The van der Waals surface area contributed by atoms with E-state index in [0.29, 0.717) is 18.8 Å². The van der Waals surface area contributed by atoms with Crippen molar-refractivity contribution in [3.05, 3.63) is 66.5 Å². The predicted octanol–water partition coefficient (Wildman–Crippen LogP) is 3.54. The first-order valence-corrected chi connectivity index (χ1v) is 9.79. The van der Waals surface area contributed by atoms with Gasteiger partial charge < -0.3 is 15.5 Å². The van der Waals surface area contributed by atoms with Gasteiger partial charge in [-0.3, -0.25) is 14.5 Å². The van der Waals surface area contributed by atoms with E-state index in [1.54, 1.807) is 37.2 Å². The first-order chi connectivity index (χ1) is 14.5. The van der Waals surface area contributed by atoms with Crippen LogP contribution in [0.2, 0.25) is 0 Å². The van der Waals surface area contributed by atoms with E-state index in [4.69, 9.17) is 0 Å². The third-order valence-corrected chi connectivity index (χ3v) is 4.80. The maximum absolute atomic E-state index is 13.2. The average molecular weight is 479 g/mol. The van der Waals surface area contributed by atoms with E-state index in [0.717, 1.165) is 16.8 Å². The SMILES string of the molecule is CCNC(=O)N(C)[C@@H](Cc1ccccc1)C(=O)Nc1cc(-c2ccncc2)nn1C.Cl.Cl. The largest absolute Gasteiger partial charge is 0.338 e. The normalized spacial score (nSPS) is 10.8. The Bertz CT molecular complexity index is 998. The summed E-state index contributed by atoms with van der Waals surface area (Å²) in [4.78, 5) is 31.0. The molecule has 32 heavy (non-hydrogen) atoms. The molecule has 0 fully saturated rings. The van der Waals surface area contributed by atoms with Crippen LogP contribution in [0, 0.1) is 0 Å². The highest BCUT2D eigenvalue weighted by molar-refractivity contribution is 5.97. The Labute approximate surface area is 200 Å². The summed E-state index contributed by atoms with van der Waals surface area (Å²) in [5.74, 6) is 0.269. The van der Waals surface area contributed by atoms with Gasteiger partial charge in [0.25, 0.3) is 0 Å². The molecule has 2 aromatic heterocycles. The summed E-state index contributed by atoms with van der Waals surface area (Å²) < 4.78 is 1.61. The molecule has 3 aromatic rings.